The molecular formula is C65H110O12. The molecule has 0 saturated carbocycles. The highest BCUT2D eigenvalue weighted by atomic mass is 16.7. The lowest BCUT2D eigenvalue weighted by Gasteiger charge is -2.40. The van der Waals surface area contributed by atoms with Crippen LogP contribution in [0, 0.1) is 0 Å². The number of hydrogen-bond acceptors (Lipinski definition) is 11. The van der Waals surface area contributed by atoms with Gasteiger partial charge in [-0.1, -0.05) is 216 Å². The van der Waals surface area contributed by atoms with Crippen LogP contribution in [0.15, 0.2) is 72.9 Å². The van der Waals surface area contributed by atoms with Crippen molar-refractivity contribution in [1.82, 2.24) is 0 Å². The van der Waals surface area contributed by atoms with Gasteiger partial charge in [-0.05, 0) is 103 Å². The molecule has 1 fully saturated rings. The van der Waals surface area contributed by atoms with Crippen molar-refractivity contribution in [2.45, 2.75) is 302 Å². The fourth-order valence-corrected chi connectivity index (χ4v) is 9.00. The summed E-state index contributed by atoms with van der Waals surface area (Å²) in [5.74, 6) is -3.15. The number of carbonyl (C=O) groups excluding carboxylic acids is 3. The molecule has 0 aliphatic carbocycles. The van der Waals surface area contributed by atoms with Crippen molar-refractivity contribution in [2.75, 3.05) is 13.2 Å². The average Bonchev–Trinajstić information content (AvgIpc) is 3.42. The SMILES string of the molecule is CC/C=C\C/C=C\C/C=C\CCCCCCCCCC(=O)OCC(COC1OC(C(=O)O)C(O)C(O)C1OC(=O)CCCCCCCCC/C=C\CCCCCCCC)OC(=O)CCCCCCC/C=C\C/C=C\CCC. The van der Waals surface area contributed by atoms with E-state index in [9.17, 15) is 34.5 Å². The van der Waals surface area contributed by atoms with E-state index in [2.05, 4.69) is 93.7 Å². The molecule has 0 aromatic carbocycles. The molecule has 0 aromatic rings. The molecule has 77 heavy (non-hydrogen) atoms. The molecule has 442 valence electrons. The second-order valence-corrected chi connectivity index (χ2v) is 20.9. The Labute approximate surface area is 468 Å². The minimum atomic E-state index is -1.91. The predicted octanol–water partition coefficient (Wildman–Crippen LogP) is 16.1. The van der Waals surface area contributed by atoms with Gasteiger partial charge in [0.1, 0.15) is 18.8 Å². The fourth-order valence-electron chi connectivity index (χ4n) is 9.00. The first-order valence-electron chi connectivity index (χ1n) is 30.9. The molecule has 1 aliphatic heterocycles. The van der Waals surface area contributed by atoms with Gasteiger partial charge in [0.25, 0.3) is 0 Å². The second kappa shape index (κ2) is 52.8. The van der Waals surface area contributed by atoms with E-state index in [1.54, 1.807) is 0 Å². The summed E-state index contributed by atoms with van der Waals surface area (Å²) >= 11 is 0. The van der Waals surface area contributed by atoms with Gasteiger partial charge in [0.2, 0.25) is 0 Å². The van der Waals surface area contributed by atoms with Crippen LogP contribution in [-0.2, 0) is 42.9 Å². The number of esters is 3. The van der Waals surface area contributed by atoms with Gasteiger partial charge in [-0.25, -0.2) is 4.79 Å². The molecule has 0 amide bonds. The number of carboxylic acid groups (broad SMARTS) is 1. The molecule has 0 aromatic heterocycles. The number of unbranched alkanes of at least 4 members (excludes halogenated alkanes) is 26. The maximum absolute atomic E-state index is 13.1. The molecule has 1 heterocycles. The van der Waals surface area contributed by atoms with Gasteiger partial charge in [0, 0.05) is 19.3 Å². The number of ether oxygens (including phenoxy) is 5. The van der Waals surface area contributed by atoms with Gasteiger partial charge in [-0.3, -0.25) is 14.4 Å². The summed E-state index contributed by atoms with van der Waals surface area (Å²) in [4.78, 5) is 51.2. The number of allylic oxidation sites excluding steroid dienone is 12. The highest BCUT2D eigenvalue weighted by Crippen LogP contribution is 2.26. The Morgan fingerprint density at radius 2 is 0.844 bits per heavy atom. The van der Waals surface area contributed by atoms with Crippen LogP contribution < -0.4 is 0 Å². The van der Waals surface area contributed by atoms with Crippen molar-refractivity contribution in [2.24, 2.45) is 0 Å². The Morgan fingerprint density at radius 3 is 1.31 bits per heavy atom. The Hall–Kier alpha value is -3.84. The smallest absolute Gasteiger partial charge is 0.335 e. The molecule has 0 bridgehead atoms. The summed E-state index contributed by atoms with van der Waals surface area (Å²) in [6, 6.07) is 0. The Bertz CT molecular complexity index is 1620. The van der Waals surface area contributed by atoms with Gasteiger partial charge in [-0.15, -0.1) is 0 Å². The number of aliphatic carboxylic acids is 1. The van der Waals surface area contributed by atoms with Crippen molar-refractivity contribution in [3.63, 3.8) is 0 Å². The number of carboxylic acids is 1. The molecule has 12 heteroatoms. The van der Waals surface area contributed by atoms with Crippen LogP contribution in [-0.4, -0.2) is 89.2 Å². The van der Waals surface area contributed by atoms with Crippen molar-refractivity contribution in [3.05, 3.63) is 72.9 Å². The van der Waals surface area contributed by atoms with Crippen LogP contribution >= 0.6 is 0 Å². The molecule has 1 rings (SSSR count). The minimum absolute atomic E-state index is 0.0519. The predicted molar refractivity (Wildman–Crippen MR) is 312 cm³/mol. The molecule has 1 aliphatic rings. The first kappa shape index (κ1) is 71.2. The van der Waals surface area contributed by atoms with E-state index in [0.717, 1.165) is 141 Å². The highest BCUT2D eigenvalue weighted by Gasteiger charge is 2.50. The van der Waals surface area contributed by atoms with E-state index < -0.39 is 67.3 Å². The topological polar surface area (TPSA) is 175 Å². The van der Waals surface area contributed by atoms with Crippen LogP contribution in [0.2, 0.25) is 0 Å². The van der Waals surface area contributed by atoms with Crippen LogP contribution in [0.5, 0.6) is 0 Å². The quantitative estimate of drug-likeness (QED) is 0.0228. The molecular weight excluding hydrogens is 973 g/mol. The van der Waals surface area contributed by atoms with Crippen LogP contribution in [0.3, 0.4) is 0 Å². The molecule has 3 N–H and O–H groups in total. The maximum atomic E-state index is 13.1. The summed E-state index contributed by atoms with van der Waals surface area (Å²) < 4.78 is 28.5. The first-order chi connectivity index (χ1) is 37.6. The van der Waals surface area contributed by atoms with Crippen molar-refractivity contribution < 1.29 is 58.2 Å². The number of aliphatic hydroxyl groups is 2. The van der Waals surface area contributed by atoms with Gasteiger partial charge in [0.05, 0.1) is 6.61 Å². The zero-order chi connectivity index (χ0) is 56.1. The average molecular weight is 1080 g/mol. The lowest BCUT2D eigenvalue weighted by atomic mass is 9.98. The van der Waals surface area contributed by atoms with E-state index in [-0.39, 0.29) is 25.9 Å². The van der Waals surface area contributed by atoms with Crippen molar-refractivity contribution in [3.8, 4) is 0 Å². The molecule has 6 atom stereocenters. The van der Waals surface area contributed by atoms with Gasteiger partial charge < -0.3 is 39.0 Å². The van der Waals surface area contributed by atoms with E-state index in [1.165, 1.54) is 64.2 Å². The number of hydrogen-bond donors (Lipinski definition) is 3. The summed E-state index contributed by atoms with van der Waals surface area (Å²) in [5, 5.41) is 31.5. The number of rotatable bonds is 52. The molecule has 6 unspecified atom stereocenters. The number of aliphatic hydroxyl groups excluding tert-OH is 2. The second-order valence-electron chi connectivity index (χ2n) is 20.9. The van der Waals surface area contributed by atoms with Crippen LogP contribution in [0.4, 0.5) is 0 Å². The maximum Gasteiger partial charge on any atom is 0.335 e. The summed E-state index contributed by atoms with van der Waals surface area (Å²) in [7, 11) is 0. The standard InChI is InChI=1S/C65H110O12/c1-4-7-10-13-16-19-22-25-27-29-31-34-36-39-42-45-48-51-57(66)73-54-56(75-58(67)52-49-46-43-40-37-33-24-21-18-15-12-9-6-3)55-74-65-63(61(70)60(69)62(77-65)64(71)72)76-59(68)53-50-47-44-41-38-35-32-30-28-26-23-20-17-14-11-8-5-2/h7,10,12,15-16,19,21,24-28,56,60-63,65,69-70H,4-6,8-9,11,13-14,17-18,20,22-23,29-55H2,1-3H3,(H,71,72)/b10-7-,15-12-,19-16-,24-21-,27-25-,28-26-. The Morgan fingerprint density at radius 1 is 0.442 bits per heavy atom. The Kier molecular flexibility index (Phi) is 48.8. The van der Waals surface area contributed by atoms with Gasteiger partial charge >= 0.3 is 23.9 Å². The third kappa shape index (κ3) is 42.7. The minimum Gasteiger partial charge on any atom is -0.479 e. The third-order valence-electron chi connectivity index (χ3n) is 13.7. The van der Waals surface area contributed by atoms with Gasteiger partial charge in [-0.2, -0.15) is 0 Å². The summed E-state index contributed by atoms with van der Waals surface area (Å²) in [5.41, 5.74) is 0. The van der Waals surface area contributed by atoms with Crippen LogP contribution in [0.25, 0.3) is 0 Å². The largest absolute Gasteiger partial charge is 0.479 e. The van der Waals surface area contributed by atoms with Gasteiger partial charge in [0.15, 0.2) is 24.6 Å². The zero-order valence-electron chi connectivity index (χ0n) is 48.7. The summed E-state index contributed by atoms with van der Waals surface area (Å²) in [6.45, 7) is 5.81. The lowest BCUT2D eigenvalue weighted by molar-refractivity contribution is -0.301. The summed E-state index contributed by atoms with van der Waals surface area (Å²) in [6.07, 6.45) is 54.3. The highest BCUT2D eigenvalue weighted by molar-refractivity contribution is 5.74. The Balaban J connectivity index is 2.67. The first-order valence-corrected chi connectivity index (χ1v) is 30.9. The normalized spacial score (nSPS) is 18.5. The lowest BCUT2D eigenvalue weighted by Crippen LogP contribution is -2.61. The monoisotopic (exact) mass is 1080 g/mol. The third-order valence-corrected chi connectivity index (χ3v) is 13.7. The molecule has 0 spiro atoms. The van der Waals surface area contributed by atoms with Crippen molar-refractivity contribution >= 4 is 23.9 Å². The van der Waals surface area contributed by atoms with E-state index in [0.29, 0.717) is 19.3 Å². The molecule has 1 saturated heterocycles. The molecule has 0 radical (unpaired) electrons. The fraction of sp³-hybridized carbons (Fsp3) is 0.754. The zero-order valence-corrected chi connectivity index (χ0v) is 48.7. The van der Waals surface area contributed by atoms with Crippen LogP contribution in [0.1, 0.15) is 265 Å². The van der Waals surface area contributed by atoms with E-state index >= 15 is 0 Å². The van der Waals surface area contributed by atoms with Crippen molar-refractivity contribution in [1.29, 1.82) is 0 Å². The number of carbonyl (C=O) groups is 4. The molecule has 12 nitrogen and oxygen atoms in total. The van der Waals surface area contributed by atoms with E-state index in [4.69, 9.17) is 23.7 Å². The van der Waals surface area contributed by atoms with E-state index in [1.807, 2.05) is 0 Å².